The summed E-state index contributed by atoms with van der Waals surface area (Å²) >= 11 is 0. The van der Waals surface area contributed by atoms with Crippen LogP contribution in [0.4, 0.5) is 0 Å². The standard InChI is InChI=1S/C35H29/c1-3-28-29(4-2)35(32(24-15-7-5-8-16-24)25-17-9-6-10-18-25)33(26-19-11-12-20-26)31-23-27-21-13-14-22-30(27)34(28)31/h5-19,21-22H,3-4,20H2,1-2H3. The Balaban J connectivity index is 1.94. The van der Waals surface area contributed by atoms with Crippen LogP contribution in [0.25, 0.3) is 17.2 Å². The molecule has 0 bridgehead atoms. The molecule has 0 amide bonds. The lowest BCUT2D eigenvalue weighted by Gasteiger charge is -2.21. The van der Waals surface area contributed by atoms with Gasteiger partial charge in [-0.3, -0.25) is 0 Å². The van der Waals surface area contributed by atoms with Crippen LogP contribution in [0.3, 0.4) is 0 Å². The van der Waals surface area contributed by atoms with Crippen molar-refractivity contribution in [1.82, 2.24) is 0 Å². The van der Waals surface area contributed by atoms with Gasteiger partial charge in [0, 0.05) is 0 Å². The van der Waals surface area contributed by atoms with E-state index in [0.29, 0.717) is 0 Å². The van der Waals surface area contributed by atoms with Gasteiger partial charge in [0.1, 0.15) is 0 Å². The number of hydrogen-bond acceptors (Lipinski definition) is 0. The van der Waals surface area contributed by atoms with Gasteiger partial charge in [-0.05, 0) is 90.7 Å². The van der Waals surface area contributed by atoms with Gasteiger partial charge in [-0.25, -0.2) is 0 Å². The van der Waals surface area contributed by atoms with Gasteiger partial charge >= 0.3 is 0 Å². The summed E-state index contributed by atoms with van der Waals surface area (Å²) < 4.78 is 0. The van der Waals surface area contributed by atoms with Crippen LogP contribution in [0.15, 0.2) is 103 Å². The molecule has 0 unspecified atom stereocenters. The van der Waals surface area contributed by atoms with Crippen LogP contribution in [-0.2, 0) is 12.8 Å². The second-order valence-corrected chi connectivity index (χ2v) is 9.27. The highest BCUT2D eigenvalue weighted by Gasteiger charge is 2.23. The third-order valence-electron chi connectivity index (χ3n) is 7.35. The smallest absolute Gasteiger partial charge is 0.000720 e. The first kappa shape index (κ1) is 21.6. The molecule has 0 fully saturated rings. The van der Waals surface area contributed by atoms with E-state index in [1.54, 1.807) is 0 Å². The summed E-state index contributed by atoms with van der Waals surface area (Å²) in [5, 5.41) is 5.32. The summed E-state index contributed by atoms with van der Waals surface area (Å²) in [6, 6.07) is 30.6. The molecule has 0 spiro atoms. The molecule has 2 aliphatic carbocycles. The van der Waals surface area contributed by atoms with Crippen LogP contribution in [0.1, 0.15) is 53.6 Å². The first-order valence-corrected chi connectivity index (χ1v) is 12.7. The zero-order chi connectivity index (χ0) is 23.8. The Labute approximate surface area is 207 Å². The van der Waals surface area contributed by atoms with Gasteiger partial charge in [0.15, 0.2) is 0 Å². The minimum atomic E-state index is 0.961. The third kappa shape index (κ3) is 3.53. The molecule has 1 radical (unpaired) electrons. The van der Waals surface area contributed by atoms with Crippen molar-refractivity contribution in [3.63, 3.8) is 0 Å². The Kier molecular flexibility index (Phi) is 5.58. The lowest BCUT2D eigenvalue weighted by Crippen LogP contribution is -2.24. The third-order valence-corrected chi connectivity index (χ3v) is 7.35. The van der Waals surface area contributed by atoms with Crippen molar-refractivity contribution in [2.45, 2.75) is 33.1 Å². The molecule has 0 aromatic heterocycles. The number of fused-ring (bicyclic) bond motifs is 2. The second kappa shape index (κ2) is 9.04. The van der Waals surface area contributed by atoms with Gasteiger partial charge in [0.05, 0.1) is 0 Å². The summed E-state index contributed by atoms with van der Waals surface area (Å²) in [6.07, 6.45) is 13.6. The van der Waals surface area contributed by atoms with E-state index in [2.05, 4.69) is 123 Å². The van der Waals surface area contributed by atoms with E-state index < -0.39 is 0 Å². The predicted molar refractivity (Wildman–Crippen MR) is 147 cm³/mol. The average molecular weight is 450 g/mol. The molecule has 0 saturated carbocycles. The molecule has 0 heteroatoms. The molecule has 4 aromatic carbocycles. The fraction of sp³-hybridized carbons (Fsp3) is 0.143. The Morgan fingerprint density at radius 3 is 1.97 bits per heavy atom. The molecule has 0 saturated heterocycles. The molecule has 0 heterocycles. The molecule has 0 N–H and O–H groups in total. The van der Waals surface area contributed by atoms with Gasteiger partial charge in [-0.2, -0.15) is 0 Å². The number of allylic oxidation sites excluding steroid dienone is 4. The van der Waals surface area contributed by atoms with Crippen molar-refractivity contribution in [2.75, 3.05) is 0 Å². The monoisotopic (exact) mass is 449 g/mol. The molecular formula is C35H29. The fourth-order valence-corrected chi connectivity index (χ4v) is 5.90. The highest BCUT2D eigenvalue weighted by atomic mass is 14.3. The van der Waals surface area contributed by atoms with E-state index >= 15 is 0 Å². The molecule has 0 aliphatic heterocycles. The molecule has 6 rings (SSSR count). The molecule has 0 nitrogen and oxygen atoms in total. The molecule has 4 aromatic rings. The zero-order valence-corrected chi connectivity index (χ0v) is 20.4. The Hall–Kier alpha value is -3.90. The average Bonchev–Trinajstić information content (AvgIpc) is 3.58. The summed E-state index contributed by atoms with van der Waals surface area (Å²) in [6.45, 7) is 4.62. The molecule has 0 atom stereocenters. The van der Waals surface area contributed by atoms with Crippen LogP contribution in [0.2, 0.25) is 0 Å². The summed E-state index contributed by atoms with van der Waals surface area (Å²) in [5.41, 5.74) is 10.8. The van der Waals surface area contributed by atoms with E-state index in [-0.39, 0.29) is 0 Å². The SMILES string of the molecule is CCc1c(CC)c2c(c(C3=CC=CC3)c1=C(c1ccccc1)c1ccccc1)[C]=c1ccccc1=2. The first-order chi connectivity index (χ1) is 17.3. The zero-order valence-electron chi connectivity index (χ0n) is 20.4. The van der Waals surface area contributed by atoms with Crippen molar-refractivity contribution in [3.8, 4) is 0 Å². The van der Waals surface area contributed by atoms with E-state index in [4.69, 9.17) is 0 Å². The highest BCUT2D eigenvalue weighted by molar-refractivity contribution is 5.88. The van der Waals surface area contributed by atoms with Crippen LogP contribution in [0, 0.1) is 10.4 Å². The van der Waals surface area contributed by atoms with Crippen molar-refractivity contribution < 1.29 is 0 Å². The Morgan fingerprint density at radius 1 is 0.743 bits per heavy atom. The van der Waals surface area contributed by atoms with E-state index in [1.165, 1.54) is 65.4 Å². The van der Waals surface area contributed by atoms with Crippen LogP contribution >= 0.6 is 0 Å². The number of benzene rings is 4. The summed E-state index contributed by atoms with van der Waals surface area (Å²) in [4.78, 5) is 0. The highest BCUT2D eigenvalue weighted by Crippen LogP contribution is 2.32. The minimum absolute atomic E-state index is 0.961. The predicted octanol–water partition coefficient (Wildman–Crippen LogP) is 6.71. The summed E-state index contributed by atoms with van der Waals surface area (Å²) in [7, 11) is 0. The largest absolute Gasteiger partial charge is 0.0801 e. The van der Waals surface area contributed by atoms with Crippen molar-refractivity contribution in [3.05, 3.63) is 157 Å². The topological polar surface area (TPSA) is 0 Å². The Bertz CT molecular complexity index is 1660. The normalized spacial score (nSPS) is 13.3. The van der Waals surface area contributed by atoms with Gasteiger partial charge < -0.3 is 0 Å². The van der Waals surface area contributed by atoms with Crippen LogP contribution < -0.4 is 10.4 Å². The first-order valence-electron chi connectivity index (χ1n) is 12.7. The van der Waals surface area contributed by atoms with E-state index in [1.807, 2.05) is 0 Å². The maximum atomic E-state index is 3.87. The van der Waals surface area contributed by atoms with Crippen molar-refractivity contribution in [2.24, 2.45) is 0 Å². The van der Waals surface area contributed by atoms with Crippen LogP contribution in [-0.4, -0.2) is 0 Å². The molecule has 35 heavy (non-hydrogen) atoms. The second-order valence-electron chi connectivity index (χ2n) is 9.27. The van der Waals surface area contributed by atoms with Gasteiger partial charge in [-0.1, -0.05) is 117 Å². The maximum absolute atomic E-state index is 3.87. The van der Waals surface area contributed by atoms with E-state index in [0.717, 1.165) is 19.3 Å². The van der Waals surface area contributed by atoms with Crippen molar-refractivity contribution >= 4 is 17.2 Å². The van der Waals surface area contributed by atoms with Crippen LogP contribution in [0.5, 0.6) is 0 Å². The van der Waals surface area contributed by atoms with Gasteiger partial charge in [0.25, 0.3) is 0 Å². The van der Waals surface area contributed by atoms with E-state index in [9.17, 15) is 0 Å². The number of rotatable bonds is 5. The number of hydrogen-bond donors (Lipinski definition) is 0. The Morgan fingerprint density at radius 2 is 1.37 bits per heavy atom. The van der Waals surface area contributed by atoms with Crippen molar-refractivity contribution in [1.29, 1.82) is 0 Å². The quantitative estimate of drug-likeness (QED) is 0.280. The van der Waals surface area contributed by atoms with Gasteiger partial charge in [0.2, 0.25) is 0 Å². The fourth-order valence-electron chi connectivity index (χ4n) is 5.90. The maximum Gasteiger partial charge on any atom is -0.000720 e. The molecular weight excluding hydrogens is 420 g/mol. The molecule has 169 valence electrons. The van der Waals surface area contributed by atoms with Gasteiger partial charge in [-0.15, -0.1) is 0 Å². The molecule has 2 aliphatic rings. The lowest BCUT2D eigenvalue weighted by atomic mass is 9.82. The lowest BCUT2D eigenvalue weighted by molar-refractivity contribution is 1.00. The summed E-state index contributed by atoms with van der Waals surface area (Å²) in [5.74, 6) is 0. The minimum Gasteiger partial charge on any atom is -0.0801 e.